The van der Waals surface area contributed by atoms with Gasteiger partial charge in [-0.15, -0.1) is 0 Å². The van der Waals surface area contributed by atoms with Crippen molar-refractivity contribution in [2.45, 2.75) is 45.0 Å². The van der Waals surface area contributed by atoms with E-state index in [-0.39, 0.29) is 12.1 Å². The van der Waals surface area contributed by atoms with Crippen LogP contribution in [0.25, 0.3) is 0 Å². The van der Waals surface area contributed by atoms with Gasteiger partial charge in [0.05, 0.1) is 5.69 Å². The number of nitrogens with one attached hydrogen (secondary N) is 1. The Hall–Kier alpha value is -2.05. The molecule has 1 fully saturated rings. The first-order valence-electron chi connectivity index (χ1n) is 8.99. The maximum absolute atomic E-state index is 6.01. The van der Waals surface area contributed by atoms with E-state index < -0.39 is 0 Å². The number of rotatable bonds is 5. The van der Waals surface area contributed by atoms with Gasteiger partial charge in [-0.1, -0.05) is 6.07 Å². The Labute approximate surface area is 148 Å². The van der Waals surface area contributed by atoms with Gasteiger partial charge in [-0.3, -0.25) is 4.68 Å². The van der Waals surface area contributed by atoms with Crippen molar-refractivity contribution in [3.05, 3.63) is 41.7 Å². The zero-order valence-electron chi connectivity index (χ0n) is 14.8. The molecule has 1 aromatic carbocycles. The molecular formula is C19H25N3O3. The van der Waals surface area contributed by atoms with Crippen molar-refractivity contribution >= 4 is 0 Å². The number of hydrogen-bond acceptors (Lipinski definition) is 5. The number of benzene rings is 1. The van der Waals surface area contributed by atoms with Crippen molar-refractivity contribution in [1.82, 2.24) is 15.1 Å². The van der Waals surface area contributed by atoms with Crippen LogP contribution in [0.1, 0.15) is 43.7 Å². The summed E-state index contributed by atoms with van der Waals surface area (Å²) in [5.41, 5.74) is 2.33. The van der Waals surface area contributed by atoms with Gasteiger partial charge >= 0.3 is 0 Å². The molecule has 134 valence electrons. The fraction of sp³-hybridized carbons (Fsp3) is 0.526. The van der Waals surface area contributed by atoms with E-state index in [4.69, 9.17) is 14.2 Å². The van der Waals surface area contributed by atoms with E-state index in [0.717, 1.165) is 36.8 Å². The van der Waals surface area contributed by atoms with Crippen LogP contribution in [0.15, 0.2) is 30.5 Å². The van der Waals surface area contributed by atoms with Crippen molar-refractivity contribution in [2.24, 2.45) is 0 Å². The largest absolute Gasteiger partial charge is 0.486 e. The first kappa shape index (κ1) is 16.4. The maximum atomic E-state index is 6.01. The van der Waals surface area contributed by atoms with Gasteiger partial charge in [0.25, 0.3) is 0 Å². The summed E-state index contributed by atoms with van der Waals surface area (Å²) in [6.07, 6.45) is 2.90. The Morgan fingerprint density at radius 3 is 2.84 bits per heavy atom. The van der Waals surface area contributed by atoms with Gasteiger partial charge in [-0.25, -0.2) is 0 Å². The van der Waals surface area contributed by atoms with Crippen LogP contribution in [-0.4, -0.2) is 35.6 Å². The lowest BCUT2D eigenvalue weighted by Crippen LogP contribution is -2.32. The summed E-state index contributed by atoms with van der Waals surface area (Å²) >= 11 is 0. The quantitative estimate of drug-likeness (QED) is 0.905. The SMILES string of the molecule is CC(C)n1nccc1[C@H]1OCC[C@@H]1NCc1ccc2c(c1)OCCO2. The van der Waals surface area contributed by atoms with E-state index in [9.17, 15) is 0 Å². The van der Waals surface area contributed by atoms with E-state index in [1.807, 2.05) is 12.3 Å². The lowest BCUT2D eigenvalue weighted by molar-refractivity contribution is 0.0899. The topological polar surface area (TPSA) is 57.5 Å². The number of nitrogens with zero attached hydrogens (tertiary/aromatic N) is 2. The summed E-state index contributed by atoms with van der Waals surface area (Å²) in [6.45, 7) is 7.06. The van der Waals surface area contributed by atoms with E-state index >= 15 is 0 Å². The zero-order valence-corrected chi connectivity index (χ0v) is 14.8. The molecule has 0 spiro atoms. The van der Waals surface area contributed by atoms with Gasteiger partial charge in [-0.2, -0.15) is 5.10 Å². The van der Waals surface area contributed by atoms with Gasteiger partial charge in [-0.05, 0) is 44.0 Å². The molecule has 1 aromatic heterocycles. The molecule has 6 heteroatoms. The highest BCUT2D eigenvalue weighted by Crippen LogP contribution is 2.32. The van der Waals surface area contributed by atoms with Crippen LogP contribution in [0.4, 0.5) is 0 Å². The second kappa shape index (κ2) is 7.06. The minimum atomic E-state index is 0.0436. The fourth-order valence-electron chi connectivity index (χ4n) is 3.52. The van der Waals surface area contributed by atoms with Crippen molar-refractivity contribution in [1.29, 1.82) is 0 Å². The lowest BCUT2D eigenvalue weighted by atomic mass is 10.1. The van der Waals surface area contributed by atoms with Gasteiger partial charge < -0.3 is 19.5 Å². The Kier molecular flexibility index (Phi) is 4.63. The predicted molar refractivity (Wildman–Crippen MR) is 94.0 cm³/mol. The third-order valence-corrected chi connectivity index (χ3v) is 4.75. The highest BCUT2D eigenvalue weighted by molar-refractivity contribution is 5.43. The molecule has 2 aromatic rings. The van der Waals surface area contributed by atoms with Crippen LogP contribution in [-0.2, 0) is 11.3 Å². The molecule has 0 amide bonds. The Balaban J connectivity index is 1.44. The van der Waals surface area contributed by atoms with Crippen LogP contribution in [0.3, 0.4) is 0 Å². The molecule has 25 heavy (non-hydrogen) atoms. The molecule has 1 N–H and O–H groups in total. The number of hydrogen-bond donors (Lipinski definition) is 1. The molecule has 2 atom stereocenters. The first-order valence-corrected chi connectivity index (χ1v) is 8.99. The minimum absolute atomic E-state index is 0.0436. The van der Waals surface area contributed by atoms with Crippen LogP contribution in [0.2, 0.25) is 0 Å². The summed E-state index contributed by atoms with van der Waals surface area (Å²) in [5.74, 6) is 1.67. The molecular weight excluding hydrogens is 318 g/mol. The van der Waals surface area contributed by atoms with Gasteiger partial charge in [0, 0.05) is 31.4 Å². The highest BCUT2D eigenvalue weighted by Gasteiger charge is 2.32. The molecule has 4 rings (SSSR count). The molecule has 0 aliphatic carbocycles. The van der Waals surface area contributed by atoms with Crippen LogP contribution in [0, 0.1) is 0 Å². The summed E-state index contributed by atoms with van der Waals surface area (Å²) in [6, 6.07) is 8.81. The molecule has 2 aliphatic rings. The lowest BCUT2D eigenvalue weighted by Gasteiger charge is -2.23. The smallest absolute Gasteiger partial charge is 0.161 e. The third-order valence-electron chi connectivity index (χ3n) is 4.75. The summed E-state index contributed by atoms with van der Waals surface area (Å²) in [7, 11) is 0. The van der Waals surface area contributed by atoms with Crippen LogP contribution in [0.5, 0.6) is 11.5 Å². The van der Waals surface area contributed by atoms with E-state index in [1.165, 1.54) is 5.56 Å². The summed E-state index contributed by atoms with van der Waals surface area (Å²) < 4.78 is 19.3. The third kappa shape index (κ3) is 3.37. The van der Waals surface area contributed by atoms with E-state index in [0.29, 0.717) is 19.3 Å². The Morgan fingerprint density at radius 1 is 1.16 bits per heavy atom. The molecule has 2 aliphatic heterocycles. The second-order valence-corrected chi connectivity index (χ2v) is 6.84. The minimum Gasteiger partial charge on any atom is -0.486 e. The average Bonchev–Trinajstić information content (AvgIpc) is 3.28. The summed E-state index contributed by atoms with van der Waals surface area (Å²) in [4.78, 5) is 0. The number of ether oxygens (including phenoxy) is 3. The Morgan fingerprint density at radius 2 is 2.00 bits per heavy atom. The molecule has 6 nitrogen and oxygen atoms in total. The van der Waals surface area contributed by atoms with Crippen LogP contribution >= 0.6 is 0 Å². The normalized spacial score (nSPS) is 22.5. The highest BCUT2D eigenvalue weighted by atomic mass is 16.6. The number of aromatic nitrogens is 2. The molecule has 0 unspecified atom stereocenters. The fourth-order valence-corrected chi connectivity index (χ4v) is 3.52. The molecule has 0 saturated carbocycles. The molecule has 3 heterocycles. The summed E-state index contributed by atoms with van der Waals surface area (Å²) in [5, 5.41) is 8.09. The molecule has 0 bridgehead atoms. The average molecular weight is 343 g/mol. The zero-order chi connectivity index (χ0) is 17.2. The van der Waals surface area contributed by atoms with Gasteiger partial charge in [0.1, 0.15) is 19.3 Å². The monoisotopic (exact) mass is 343 g/mol. The maximum Gasteiger partial charge on any atom is 0.161 e. The van der Waals surface area contributed by atoms with Gasteiger partial charge in [0.2, 0.25) is 0 Å². The molecule has 0 radical (unpaired) electrons. The second-order valence-electron chi connectivity index (χ2n) is 6.84. The van der Waals surface area contributed by atoms with Crippen LogP contribution < -0.4 is 14.8 Å². The number of fused-ring (bicyclic) bond motifs is 1. The van der Waals surface area contributed by atoms with E-state index in [1.54, 1.807) is 0 Å². The van der Waals surface area contributed by atoms with E-state index in [2.05, 4.69) is 47.1 Å². The van der Waals surface area contributed by atoms with Gasteiger partial charge in [0.15, 0.2) is 11.5 Å². The predicted octanol–water partition coefficient (Wildman–Crippen LogP) is 2.86. The van der Waals surface area contributed by atoms with Crippen molar-refractivity contribution < 1.29 is 14.2 Å². The molecule has 1 saturated heterocycles. The van der Waals surface area contributed by atoms with Crippen molar-refractivity contribution in [2.75, 3.05) is 19.8 Å². The van der Waals surface area contributed by atoms with Crippen molar-refractivity contribution in [3.63, 3.8) is 0 Å². The first-order chi connectivity index (χ1) is 12.2. The Bertz CT molecular complexity index is 728. The van der Waals surface area contributed by atoms with Crippen molar-refractivity contribution in [3.8, 4) is 11.5 Å². The standard InChI is InChI=1S/C19H25N3O3/c1-13(2)22-16(5-7-21-22)19-15(6-8-25-19)20-12-14-3-4-17-18(11-14)24-10-9-23-17/h3-5,7,11,13,15,19-20H,6,8-10,12H2,1-2H3/t15-,19-/m0/s1.